The molecule has 0 aliphatic rings. The second-order valence-corrected chi connectivity index (χ2v) is 7.16. The maximum absolute atomic E-state index is 13.8. The van der Waals surface area contributed by atoms with E-state index in [0.29, 0.717) is 0 Å². The summed E-state index contributed by atoms with van der Waals surface area (Å²) in [7, 11) is 0.309. The highest BCUT2D eigenvalue weighted by Gasteiger charge is 2.47. The molecule has 1 atom stereocenters. The summed E-state index contributed by atoms with van der Waals surface area (Å²) in [6, 6.07) is 0. The molecule has 0 radical (unpaired) electrons. The van der Waals surface area contributed by atoms with E-state index < -0.39 is 67.3 Å². The third kappa shape index (κ3) is 3.45. The zero-order chi connectivity index (χ0) is 19.0. The average molecular weight is 411 g/mol. The van der Waals surface area contributed by atoms with Gasteiger partial charge in [-0.05, 0) is 17.6 Å². The molecule has 1 aromatic rings. The van der Waals surface area contributed by atoms with Gasteiger partial charge in [0.2, 0.25) is 5.16 Å². The van der Waals surface area contributed by atoms with Crippen molar-refractivity contribution in [1.82, 2.24) is 0 Å². The summed E-state index contributed by atoms with van der Waals surface area (Å²) >= 11 is 0. The van der Waals surface area contributed by atoms with E-state index in [2.05, 4.69) is 4.18 Å². The molecular formula is C11H5ClF10OS. The average Bonchev–Trinajstić information content (AvgIpc) is 2.43. The predicted molar refractivity (Wildman–Crippen MR) is 65.0 cm³/mol. The van der Waals surface area contributed by atoms with E-state index in [-0.39, 0.29) is 0 Å². The van der Waals surface area contributed by atoms with E-state index in [1.807, 2.05) is 0 Å². The molecule has 13 heteroatoms. The van der Waals surface area contributed by atoms with Crippen LogP contribution in [0.25, 0.3) is 0 Å². The van der Waals surface area contributed by atoms with E-state index in [1.54, 1.807) is 0 Å². The second-order valence-electron chi connectivity index (χ2n) is 3.88. The first-order chi connectivity index (χ1) is 10.8. The third-order valence-electron chi connectivity index (χ3n) is 2.43. The summed E-state index contributed by atoms with van der Waals surface area (Å²) in [5.41, 5.74) is -2.96. The number of hydrogen-bond acceptors (Lipinski definition) is 1. The van der Waals surface area contributed by atoms with Crippen LogP contribution in [0.15, 0.2) is 16.1 Å². The summed E-state index contributed by atoms with van der Waals surface area (Å²) in [6.07, 6.45) is -9.09. The zero-order valence-electron chi connectivity index (χ0n) is 11.2. The van der Waals surface area contributed by atoms with Crippen molar-refractivity contribution in [2.75, 3.05) is 6.61 Å². The highest BCUT2D eigenvalue weighted by Crippen LogP contribution is 2.70. The molecule has 0 aliphatic carbocycles. The van der Waals surface area contributed by atoms with Crippen molar-refractivity contribution in [1.29, 1.82) is 0 Å². The fourth-order valence-corrected chi connectivity index (χ4v) is 3.97. The first kappa shape index (κ1) is 20.9. The van der Waals surface area contributed by atoms with Crippen molar-refractivity contribution in [3.63, 3.8) is 0 Å². The van der Waals surface area contributed by atoms with Crippen molar-refractivity contribution >= 4 is 20.2 Å². The van der Waals surface area contributed by atoms with Gasteiger partial charge in [-0.3, -0.25) is 0 Å². The molecule has 0 bridgehead atoms. The Kier molecular flexibility index (Phi) is 6.10. The molecule has 1 unspecified atom stereocenters. The number of halogens is 11. The van der Waals surface area contributed by atoms with Gasteiger partial charge in [0.1, 0.15) is 10.5 Å². The summed E-state index contributed by atoms with van der Waals surface area (Å²) in [6.45, 7) is 0.239. The van der Waals surface area contributed by atoms with Crippen molar-refractivity contribution < 1.29 is 48.1 Å². The molecular weight excluding hydrogens is 406 g/mol. The minimum atomic E-state index is -5.86. The van der Waals surface area contributed by atoms with E-state index in [0.717, 1.165) is 6.92 Å². The number of hydrogen-bond donors (Lipinski definition) is 0. The lowest BCUT2D eigenvalue weighted by molar-refractivity contribution is -0.143. The zero-order valence-corrected chi connectivity index (χ0v) is 12.8. The molecule has 1 aromatic carbocycles. The lowest BCUT2D eigenvalue weighted by Crippen LogP contribution is -2.18. The Bertz CT molecular complexity index is 655. The molecule has 24 heavy (non-hydrogen) atoms. The van der Waals surface area contributed by atoms with Crippen molar-refractivity contribution in [2.45, 2.75) is 18.0 Å². The van der Waals surface area contributed by atoms with E-state index in [1.165, 1.54) is 0 Å². The monoisotopic (exact) mass is 410 g/mol. The van der Waals surface area contributed by atoms with Gasteiger partial charge in [-0.2, -0.15) is 26.3 Å². The molecule has 0 aliphatic heterocycles. The van der Waals surface area contributed by atoms with E-state index in [9.17, 15) is 43.9 Å². The SMILES string of the molecule is CCOS(Cl)(C(F)=C(F)F)c1c(F)c(F)c(C(F)(F)F)c(F)c1F. The Hall–Kier alpha value is -1.14. The molecule has 0 aromatic heterocycles. The number of benzene rings is 1. The molecule has 1 nitrogen and oxygen atoms in total. The first-order valence-corrected chi connectivity index (χ1v) is 8.00. The Morgan fingerprint density at radius 3 is 1.67 bits per heavy atom. The molecule has 0 saturated heterocycles. The first-order valence-electron chi connectivity index (χ1n) is 5.61. The Labute approximate surface area is 133 Å². The van der Waals surface area contributed by atoms with Crippen molar-refractivity contribution in [2.24, 2.45) is 0 Å². The lowest BCUT2D eigenvalue weighted by atomic mass is 10.1. The van der Waals surface area contributed by atoms with Crippen LogP contribution in [0.5, 0.6) is 0 Å². The summed E-state index contributed by atoms with van der Waals surface area (Å²) in [5.74, 6) is -11.5. The van der Waals surface area contributed by atoms with Gasteiger partial charge in [0.05, 0.1) is 6.61 Å². The standard InChI is InChI=1S/C11H5ClF10OS/c1-2-23-24(12,10(19)9(17)18)8-6(15)4(13)3(11(20,21)22)5(14)7(8)16/h2H2,1H3. The molecule has 0 spiro atoms. The van der Waals surface area contributed by atoms with Gasteiger partial charge < -0.3 is 4.18 Å². The van der Waals surface area contributed by atoms with Crippen LogP contribution in [-0.2, 0) is 10.4 Å². The van der Waals surface area contributed by atoms with Crippen LogP contribution < -0.4 is 0 Å². The van der Waals surface area contributed by atoms with Gasteiger partial charge in [0.25, 0.3) is 0 Å². The molecule has 0 N–H and O–H groups in total. The maximum atomic E-state index is 13.8. The van der Waals surface area contributed by atoms with Crippen LogP contribution in [0.3, 0.4) is 0 Å². The molecule has 0 fully saturated rings. The highest BCUT2D eigenvalue weighted by atomic mass is 35.7. The summed E-state index contributed by atoms with van der Waals surface area (Å²) < 4.78 is 135. The largest absolute Gasteiger partial charge is 0.422 e. The highest BCUT2D eigenvalue weighted by molar-refractivity contribution is 8.50. The van der Waals surface area contributed by atoms with Crippen LogP contribution >= 0.6 is 20.2 Å². The van der Waals surface area contributed by atoms with Crippen molar-refractivity contribution in [3.8, 4) is 0 Å². The minimum absolute atomic E-state index is 0.761. The predicted octanol–water partition coefficient (Wildman–Crippen LogP) is 6.57. The van der Waals surface area contributed by atoms with Gasteiger partial charge >= 0.3 is 12.3 Å². The second kappa shape index (κ2) is 7.00. The van der Waals surface area contributed by atoms with Crippen LogP contribution in [0.2, 0.25) is 0 Å². The van der Waals surface area contributed by atoms with Crippen molar-refractivity contribution in [3.05, 3.63) is 40.1 Å². The van der Waals surface area contributed by atoms with Gasteiger partial charge in [-0.1, -0.05) is 0 Å². The molecule has 0 saturated carbocycles. The van der Waals surface area contributed by atoms with Gasteiger partial charge in [0, 0.05) is 9.52 Å². The fourth-order valence-electron chi connectivity index (χ4n) is 1.55. The molecule has 0 heterocycles. The fraction of sp³-hybridized carbons (Fsp3) is 0.273. The molecule has 138 valence electrons. The number of alkyl halides is 3. The third-order valence-corrected chi connectivity index (χ3v) is 5.62. The molecule has 0 amide bonds. The molecule has 1 rings (SSSR count). The Morgan fingerprint density at radius 1 is 0.958 bits per heavy atom. The normalized spacial score (nSPS) is 15.8. The summed E-state index contributed by atoms with van der Waals surface area (Å²) in [4.78, 5) is -2.24. The van der Waals surface area contributed by atoms with Gasteiger partial charge in [-0.25, -0.2) is 17.6 Å². The van der Waals surface area contributed by atoms with Crippen LogP contribution in [0, 0.1) is 23.3 Å². The summed E-state index contributed by atoms with van der Waals surface area (Å²) in [5, 5.41) is -2.76. The van der Waals surface area contributed by atoms with E-state index >= 15 is 0 Å². The topological polar surface area (TPSA) is 9.23 Å². The van der Waals surface area contributed by atoms with E-state index in [4.69, 9.17) is 10.7 Å². The Balaban J connectivity index is 3.93. The maximum Gasteiger partial charge on any atom is 0.422 e. The van der Waals surface area contributed by atoms with Crippen LogP contribution in [0.1, 0.15) is 12.5 Å². The smallest absolute Gasteiger partial charge is 0.312 e. The van der Waals surface area contributed by atoms with Crippen LogP contribution in [-0.4, -0.2) is 6.61 Å². The van der Waals surface area contributed by atoms with Crippen LogP contribution in [0.4, 0.5) is 43.9 Å². The minimum Gasteiger partial charge on any atom is -0.312 e. The number of rotatable bonds is 4. The quantitative estimate of drug-likeness (QED) is 0.403. The van der Waals surface area contributed by atoms with Gasteiger partial charge in [-0.15, -0.1) is 0 Å². The van der Waals surface area contributed by atoms with Gasteiger partial charge in [0.15, 0.2) is 23.3 Å². The Morgan fingerprint density at radius 2 is 1.38 bits per heavy atom. The lowest BCUT2D eigenvalue weighted by Gasteiger charge is -2.30.